The summed E-state index contributed by atoms with van der Waals surface area (Å²) in [6.45, 7) is 3.95. The number of aromatic nitrogens is 1. The molecule has 108 valence electrons. The Balaban J connectivity index is 2.07. The monoisotopic (exact) mass is 268 g/mol. The fourth-order valence-electron chi connectivity index (χ4n) is 1.59. The van der Waals surface area contributed by atoms with Crippen molar-refractivity contribution in [2.75, 3.05) is 40.6 Å². The zero-order chi connectivity index (χ0) is 13.8. The van der Waals surface area contributed by atoms with Gasteiger partial charge in [0.15, 0.2) is 0 Å². The second-order valence-corrected chi connectivity index (χ2v) is 4.16. The van der Waals surface area contributed by atoms with Crippen LogP contribution in [0.3, 0.4) is 0 Å². The van der Waals surface area contributed by atoms with Gasteiger partial charge in [0.25, 0.3) is 0 Å². The first kappa shape index (κ1) is 16.0. The smallest absolute Gasteiger partial charge is 0.0889 e. The van der Waals surface area contributed by atoms with Crippen LogP contribution in [0.15, 0.2) is 18.2 Å². The van der Waals surface area contributed by atoms with Crippen molar-refractivity contribution in [1.82, 2.24) is 10.3 Å². The van der Waals surface area contributed by atoms with E-state index in [4.69, 9.17) is 14.2 Å². The number of rotatable bonds is 11. The standard InChI is InChI=1S/C14H24N2O3/c1-15-11-13-5-3-6-14(16-13)12-19-10-9-18-8-4-7-17-2/h3,5-6,15H,4,7-12H2,1-2H3. The molecule has 0 unspecified atom stereocenters. The third kappa shape index (κ3) is 7.89. The predicted octanol–water partition coefficient (Wildman–Crippen LogP) is 1.37. The van der Waals surface area contributed by atoms with E-state index in [-0.39, 0.29) is 0 Å². The van der Waals surface area contributed by atoms with Gasteiger partial charge in [-0.25, -0.2) is 0 Å². The van der Waals surface area contributed by atoms with Crippen molar-refractivity contribution in [1.29, 1.82) is 0 Å². The maximum atomic E-state index is 5.52. The van der Waals surface area contributed by atoms with E-state index in [1.165, 1.54) is 0 Å². The lowest BCUT2D eigenvalue weighted by Crippen LogP contribution is -2.09. The van der Waals surface area contributed by atoms with Gasteiger partial charge in [-0.05, 0) is 25.6 Å². The van der Waals surface area contributed by atoms with Crippen LogP contribution in [-0.4, -0.2) is 45.6 Å². The van der Waals surface area contributed by atoms with Gasteiger partial charge in [-0.1, -0.05) is 6.07 Å². The molecule has 0 bridgehead atoms. The summed E-state index contributed by atoms with van der Waals surface area (Å²) in [6.07, 6.45) is 0.921. The van der Waals surface area contributed by atoms with E-state index in [9.17, 15) is 0 Å². The highest BCUT2D eigenvalue weighted by molar-refractivity contribution is 5.10. The minimum atomic E-state index is 0.527. The highest BCUT2D eigenvalue weighted by Crippen LogP contribution is 2.01. The Morgan fingerprint density at radius 3 is 2.63 bits per heavy atom. The second-order valence-electron chi connectivity index (χ2n) is 4.16. The number of pyridine rings is 1. The molecule has 1 aromatic heterocycles. The summed E-state index contributed by atoms with van der Waals surface area (Å²) in [4.78, 5) is 4.48. The second kappa shape index (κ2) is 10.9. The fourth-order valence-corrected chi connectivity index (χ4v) is 1.59. The molecule has 0 saturated carbocycles. The maximum absolute atomic E-state index is 5.52. The summed E-state index contributed by atoms with van der Waals surface area (Å²) in [5, 5.41) is 3.08. The van der Waals surface area contributed by atoms with Gasteiger partial charge in [-0.2, -0.15) is 0 Å². The number of hydrogen-bond acceptors (Lipinski definition) is 5. The maximum Gasteiger partial charge on any atom is 0.0889 e. The summed E-state index contributed by atoms with van der Waals surface area (Å²) < 4.78 is 15.9. The highest BCUT2D eigenvalue weighted by Gasteiger charge is 1.98. The van der Waals surface area contributed by atoms with Crippen LogP contribution < -0.4 is 5.32 Å². The molecule has 1 rings (SSSR count). The minimum absolute atomic E-state index is 0.527. The lowest BCUT2D eigenvalue weighted by atomic mass is 10.3. The third-order valence-electron chi connectivity index (χ3n) is 2.48. The van der Waals surface area contributed by atoms with Crippen molar-refractivity contribution in [2.24, 2.45) is 0 Å². The van der Waals surface area contributed by atoms with E-state index < -0.39 is 0 Å². The molecule has 0 spiro atoms. The fraction of sp³-hybridized carbons (Fsp3) is 0.643. The van der Waals surface area contributed by atoms with Gasteiger partial charge < -0.3 is 19.5 Å². The molecule has 1 heterocycles. The number of hydrogen-bond donors (Lipinski definition) is 1. The van der Waals surface area contributed by atoms with Crippen molar-refractivity contribution in [3.05, 3.63) is 29.6 Å². The molecule has 0 aromatic carbocycles. The highest BCUT2D eigenvalue weighted by atomic mass is 16.5. The molecule has 1 aromatic rings. The van der Waals surface area contributed by atoms with Crippen molar-refractivity contribution < 1.29 is 14.2 Å². The first-order valence-electron chi connectivity index (χ1n) is 6.60. The van der Waals surface area contributed by atoms with Crippen LogP contribution in [0.4, 0.5) is 0 Å². The van der Waals surface area contributed by atoms with Crippen LogP contribution in [0, 0.1) is 0 Å². The van der Waals surface area contributed by atoms with Crippen molar-refractivity contribution >= 4 is 0 Å². The van der Waals surface area contributed by atoms with E-state index in [1.807, 2.05) is 25.2 Å². The van der Waals surface area contributed by atoms with Crippen LogP contribution >= 0.6 is 0 Å². The van der Waals surface area contributed by atoms with Crippen LogP contribution in [-0.2, 0) is 27.4 Å². The molecule has 5 nitrogen and oxygen atoms in total. The van der Waals surface area contributed by atoms with Crippen molar-refractivity contribution in [3.8, 4) is 0 Å². The average molecular weight is 268 g/mol. The van der Waals surface area contributed by atoms with Gasteiger partial charge in [0.1, 0.15) is 0 Å². The Morgan fingerprint density at radius 2 is 1.84 bits per heavy atom. The van der Waals surface area contributed by atoms with E-state index in [1.54, 1.807) is 7.11 Å². The van der Waals surface area contributed by atoms with Gasteiger partial charge in [0, 0.05) is 26.9 Å². The zero-order valence-electron chi connectivity index (χ0n) is 11.9. The molecule has 0 aliphatic carbocycles. The molecule has 0 radical (unpaired) electrons. The van der Waals surface area contributed by atoms with Gasteiger partial charge >= 0.3 is 0 Å². The van der Waals surface area contributed by atoms with Gasteiger partial charge in [0.05, 0.1) is 31.2 Å². The Labute approximate surface area is 115 Å². The van der Waals surface area contributed by atoms with Crippen LogP contribution in [0.1, 0.15) is 17.8 Å². The summed E-state index contributed by atoms with van der Waals surface area (Å²) >= 11 is 0. The topological polar surface area (TPSA) is 52.6 Å². The SMILES string of the molecule is CNCc1cccc(COCCOCCCOC)n1. The third-order valence-corrected chi connectivity index (χ3v) is 2.48. The van der Waals surface area contributed by atoms with E-state index in [0.717, 1.165) is 31.0 Å². The first-order chi connectivity index (χ1) is 9.36. The molecular weight excluding hydrogens is 244 g/mol. The van der Waals surface area contributed by atoms with Crippen molar-refractivity contribution in [2.45, 2.75) is 19.6 Å². The Morgan fingerprint density at radius 1 is 1.05 bits per heavy atom. The molecule has 0 saturated heterocycles. The molecule has 0 amide bonds. The van der Waals surface area contributed by atoms with E-state index in [0.29, 0.717) is 26.4 Å². The predicted molar refractivity (Wildman–Crippen MR) is 74.0 cm³/mol. The van der Waals surface area contributed by atoms with Crippen LogP contribution in [0.2, 0.25) is 0 Å². The Kier molecular flexibility index (Phi) is 9.18. The molecule has 19 heavy (non-hydrogen) atoms. The average Bonchev–Trinajstić information content (AvgIpc) is 2.43. The number of nitrogens with zero attached hydrogens (tertiary/aromatic N) is 1. The van der Waals surface area contributed by atoms with Gasteiger partial charge in [-0.15, -0.1) is 0 Å². The molecule has 5 heteroatoms. The van der Waals surface area contributed by atoms with E-state index >= 15 is 0 Å². The van der Waals surface area contributed by atoms with Gasteiger partial charge in [-0.3, -0.25) is 4.98 Å². The molecule has 0 atom stereocenters. The molecule has 1 N–H and O–H groups in total. The number of ether oxygens (including phenoxy) is 3. The molecule has 0 aliphatic rings. The summed E-state index contributed by atoms with van der Waals surface area (Å²) in [5.41, 5.74) is 1.98. The molecular formula is C14H24N2O3. The normalized spacial score (nSPS) is 10.8. The molecule has 0 aliphatic heterocycles. The summed E-state index contributed by atoms with van der Waals surface area (Å²) in [6, 6.07) is 5.97. The van der Waals surface area contributed by atoms with Crippen LogP contribution in [0.25, 0.3) is 0 Å². The number of methoxy groups -OCH3 is 1. The lowest BCUT2D eigenvalue weighted by molar-refractivity contribution is 0.0327. The minimum Gasteiger partial charge on any atom is -0.385 e. The summed E-state index contributed by atoms with van der Waals surface area (Å²) in [7, 11) is 3.60. The summed E-state index contributed by atoms with van der Waals surface area (Å²) in [5.74, 6) is 0. The first-order valence-corrected chi connectivity index (χ1v) is 6.60. The van der Waals surface area contributed by atoms with Crippen molar-refractivity contribution in [3.63, 3.8) is 0 Å². The largest absolute Gasteiger partial charge is 0.385 e. The lowest BCUT2D eigenvalue weighted by Gasteiger charge is -2.06. The molecule has 0 fully saturated rings. The number of nitrogens with one attached hydrogen (secondary N) is 1. The quantitative estimate of drug-likeness (QED) is 0.614. The van der Waals surface area contributed by atoms with Gasteiger partial charge in [0.2, 0.25) is 0 Å². The van der Waals surface area contributed by atoms with Crippen LogP contribution in [0.5, 0.6) is 0 Å². The van der Waals surface area contributed by atoms with E-state index in [2.05, 4.69) is 10.3 Å². The Hall–Kier alpha value is -1.01. The Bertz CT molecular complexity index is 334. The zero-order valence-corrected chi connectivity index (χ0v) is 11.9.